The van der Waals surface area contributed by atoms with Gasteiger partial charge in [0.15, 0.2) is 0 Å². The molecule has 0 aliphatic rings. The minimum atomic E-state index is -0.378. The number of anilines is 2. The van der Waals surface area contributed by atoms with Crippen LogP contribution in [0.1, 0.15) is 11.1 Å². The quantitative estimate of drug-likeness (QED) is 0.740. The van der Waals surface area contributed by atoms with Crippen molar-refractivity contribution in [2.45, 2.75) is 13.0 Å². The molecular weight excluding hydrogens is 331 g/mol. The van der Waals surface area contributed by atoms with Crippen molar-refractivity contribution in [2.75, 3.05) is 24.3 Å². The fraction of sp³-hybridized carbons (Fsp3) is 0.200. The highest BCUT2D eigenvalue weighted by Crippen LogP contribution is 2.16. The highest BCUT2D eigenvalue weighted by atomic mass is 19.1. The first-order valence-electron chi connectivity index (χ1n) is 8.34. The van der Waals surface area contributed by atoms with Gasteiger partial charge in [0.1, 0.15) is 11.6 Å². The summed E-state index contributed by atoms with van der Waals surface area (Å²) in [7, 11) is 3.98. The highest BCUT2D eigenvalue weighted by molar-refractivity contribution is 5.91. The Bertz CT molecular complexity index is 887. The van der Waals surface area contributed by atoms with Gasteiger partial charge in [-0.2, -0.15) is 5.10 Å². The van der Waals surface area contributed by atoms with Gasteiger partial charge in [-0.3, -0.25) is 4.79 Å². The fourth-order valence-corrected chi connectivity index (χ4v) is 2.64. The summed E-state index contributed by atoms with van der Waals surface area (Å²) in [6, 6.07) is 16.1. The second-order valence-electron chi connectivity index (χ2n) is 6.25. The van der Waals surface area contributed by atoms with Crippen LogP contribution in [0.4, 0.5) is 15.9 Å². The lowest BCUT2D eigenvalue weighted by Crippen LogP contribution is -2.18. The van der Waals surface area contributed by atoms with E-state index in [9.17, 15) is 9.18 Å². The van der Waals surface area contributed by atoms with Crippen molar-refractivity contribution in [1.82, 2.24) is 9.78 Å². The monoisotopic (exact) mass is 352 g/mol. The molecule has 0 radical (unpaired) electrons. The van der Waals surface area contributed by atoms with Gasteiger partial charge < -0.3 is 10.2 Å². The summed E-state index contributed by atoms with van der Waals surface area (Å²) in [6.07, 6.45) is 1.61. The van der Waals surface area contributed by atoms with E-state index in [2.05, 4.69) is 10.4 Å². The molecule has 3 aromatic rings. The van der Waals surface area contributed by atoms with E-state index in [4.69, 9.17) is 0 Å². The Labute approximate surface area is 152 Å². The highest BCUT2D eigenvalue weighted by Gasteiger charge is 2.11. The van der Waals surface area contributed by atoms with Crippen LogP contribution in [-0.2, 0) is 17.8 Å². The molecule has 0 fully saturated rings. The van der Waals surface area contributed by atoms with Gasteiger partial charge in [0, 0.05) is 25.8 Å². The number of halogens is 1. The summed E-state index contributed by atoms with van der Waals surface area (Å²) >= 11 is 0. The van der Waals surface area contributed by atoms with Gasteiger partial charge in [-0.15, -0.1) is 0 Å². The maximum absolute atomic E-state index is 13.7. The summed E-state index contributed by atoms with van der Waals surface area (Å²) in [5.74, 6) is -0.0695. The van der Waals surface area contributed by atoms with E-state index in [1.165, 1.54) is 6.07 Å². The van der Waals surface area contributed by atoms with Gasteiger partial charge >= 0.3 is 0 Å². The molecule has 5 nitrogen and oxygen atoms in total. The minimum absolute atomic E-state index is 0.0185. The molecule has 26 heavy (non-hydrogen) atoms. The Morgan fingerprint density at radius 1 is 1.12 bits per heavy atom. The third-order valence-electron chi connectivity index (χ3n) is 4.08. The molecule has 1 amide bonds. The molecule has 0 bridgehead atoms. The van der Waals surface area contributed by atoms with Crippen LogP contribution in [0.15, 0.2) is 60.8 Å². The number of hydrogen-bond acceptors (Lipinski definition) is 3. The molecule has 1 N–H and O–H groups in total. The van der Waals surface area contributed by atoms with Crippen LogP contribution < -0.4 is 10.2 Å². The van der Waals surface area contributed by atoms with Crippen LogP contribution in [0.25, 0.3) is 0 Å². The summed E-state index contributed by atoms with van der Waals surface area (Å²) in [6.45, 7) is 0.538. The lowest BCUT2D eigenvalue weighted by molar-refractivity contribution is -0.115. The second kappa shape index (κ2) is 7.82. The zero-order valence-corrected chi connectivity index (χ0v) is 14.8. The van der Waals surface area contributed by atoms with Gasteiger partial charge in [-0.25, -0.2) is 9.07 Å². The number of rotatable bonds is 6. The number of benzene rings is 2. The number of hydrogen-bond donors (Lipinski definition) is 1. The average molecular weight is 352 g/mol. The molecule has 0 aliphatic carbocycles. The van der Waals surface area contributed by atoms with Crippen molar-refractivity contribution >= 4 is 17.4 Å². The zero-order chi connectivity index (χ0) is 18.5. The van der Waals surface area contributed by atoms with Crippen LogP contribution in [-0.4, -0.2) is 29.8 Å². The normalized spacial score (nSPS) is 10.6. The molecular formula is C20H21FN4O. The van der Waals surface area contributed by atoms with Gasteiger partial charge in [0.05, 0.1) is 19.2 Å². The van der Waals surface area contributed by atoms with Crippen LogP contribution in [0, 0.1) is 5.82 Å². The van der Waals surface area contributed by atoms with E-state index in [1.807, 2.05) is 43.3 Å². The number of carbonyl (C=O) groups excluding carboxylic acids is 1. The van der Waals surface area contributed by atoms with Crippen molar-refractivity contribution in [1.29, 1.82) is 0 Å². The number of aromatic nitrogens is 2. The Kier molecular flexibility index (Phi) is 5.31. The standard InChI is InChI=1S/C20H21FN4O/c1-24(2)17-9-7-15(8-10-17)14-25-19(11-12-22-25)23-20(26)13-16-5-3-4-6-18(16)21/h3-12H,13-14H2,1-2H3,(H,23,26). The molecule has 1 heterocycles. The van der Waals surface area contributed by atoms with Gasteiger partial charge in [0.25, 0.3) is 0 Å². The van der Waals surface area contributed by atoms with Crippen LogP contribution >= 0.6 is 0 Å². The summed E-state index contributed by atoms with van der Waals surface area (Å²) in [5.41, 5.74) is 2.56. The molecule has 0 aliphatic heterocycles. The predicted molar refractivity (Wildman–Crippen MR) is 101 cm³/mol. The van der Waals surface area contributed by atoms with Gasteiger partial charge in [-0.1, -0.05) is 30.3 Å². The Balaban J connectivity index is 1.66. The molecule has 2 aromatic carbocycles. The Morgan fingerprint density at radius 2 is 1.85 bits per heavy atom. The first-order valence-corrected chi connectivity index (χ1v) is 8.34. The molecule has 6 heteroatoms. The van der Waals surface area contributed by atoms with E-state index in [-0.39, 0.29) is 18.1 Å². The number of amides is 1. The lowest BCUT2D eigenvalue weighted by Gasteiger charge is -2.13. The summed E-state index contributed by atoms with van der Waals surface area (Å²) < 4.78 is 15.4. The molecule has 0 atom stereocenters. The fourth-order valence-electron chi connectivity index (χ4n) is 2.64. The lowest BCUT2D eigenvalue weighted by atomic mass is 10.1. The molecule has 0 unspecified atom stereocenters. The largest absolute Gasteiger partial charge is 0.378 e. The molecule has 1 aromatic heterocycles. The van der Waals surface area contributed by atoms with E-state index in [0.29, 0.717) is 17.9 Å². The molecule has 134 valence electrons. The second-order valence-corrected chi connectivity index (χ2v) is 6.25. The van der Waals surface area contributed by atoms with Crippen LogP contribution in [0.2, 0.25) is 0 Å². The predicted octanol–water partition coefficient (Wildman–Crippen LogP) is 3.32. The van der Waals surface area contributed by atoms with Crippen molar-refractivity contribution in [3.8, 4) is 0 Å². The van der Waals surface area contributed by atoms with E-state index >= 15 is 0 Å². The Hall–Kier alpha value is -3.15. The first kappa shape index (κ1) is 17.7. The molecule has 3 rings (SSSR count). The maximum Gasteiger partial charge on any atom is 0.230 e. The number of nitrogens with one attached hydrogen (secondary N) is 1. The Morgan fingerprint density at radius 3 is 2.54 bits per heavy atom. The molecule has 0 spiro atoms. The number of carbonyl (C=O) groups is 1. The third-order valence-corrected chi connectivity index (χ3v) is 4.08. The van der Waals surface area contributed by atoms with Crippen molar-refractivity contribution < 1.29 is 9.18 Å². The summed E-state index contributed by atoms with van der Waals surface area (Å²) in [5, 5.41) is 7.07. The zero-order valence-electron chi connectivity index (χ0n) is 14.8. The summed E-state index contributed by atoms with van der Waals surface area (Å²) in [4.78, 5) is 14.3. The van der Waals surface area contributed by atoms with Crippen LogP contribution in [0.5, 0.6) is 0 Å². The average Bonchev–Trinajstić information content (AvgIpc) is 3.04. The third kappa shape index (κ3) is 4.27. The number of nitrogens with zero attached hydrogens (tertiary/aromatic N) is 3. The van der Waals surface area contributed by atoms with E-state index < -0.39 is 0 Å². The van der Waals surface area contributed by atoms with Crippen LogP contribution in [0.3, 0.4) is 0 Å². The van der Waals surface area contributed by atoms with Crippen molar-refractivity contribution in [3.05, 3.63) is 77.7 Å². The smallest absolute Gasteiger partial charge is 0.230 e. The van der Waals surface area contributed by atoms with Crippen molar-refractivity contribution in [3.63, 3.8) is 0 Å². The van der Waals surface area contributed by atoms with Crippen molar-refractivity contribution in [2.24, 2.45) is 0 Å². The van der Waals surface area contributed by atoms with E-state index in [0.717, 1.165) is 11.3 Å². The minimum Gasteiger partial charge on any atom is -0.378 e. The van der Waals surface area contributed by atoms with E-state index in [1.54, 1.807) is 35.1 Å². The molecule has 0 saturated carbocycles. The molecule has 0 saturated heterocycles. The van der Waals surface area contributed by atoms with Gasteiger partial charge in [0.2, 0.25) is 5.91 Å². The van der Waals surface area contributed by atoms with Gasteiger partial charge in [-0.05, 0) is 29.3 Å². The maximum atomic E-state index is 13.7. The topological polar surface area (TPSA) is 50.2 Å². The first-order chi connectivity index (χ1) is 12.5. The SMILES string of the molecule is CN(C)c1ccc(Cn2nccc2NC(=O)Cc2ccccc2F)cc1.